The van der Waals surface area contributed by atoms with E-state index in [0.29, 0.717) is 85.7 Å². The molecule has 75 heavy (non-hydrogen) atoms. The maximum absolute atomic E-state index is 14.1. The Labute approximate surface area is 446 Å². The number of nitrogens with one attached hydrogen (secondary N) is 6. The fourth-order valence-corrected chi connectivity index (χ4v) is 10.6. The summed E-state index contributed by atoms with van der Waals surface area (Å²) in [6.07, 6.45) is 4.55. The van der Waals surface area contributed by atoms with Crippen LogP contribution in [0, 0.1) is 23.7 Å². The molecule has 4 aliphatic rings. The van der Waals surface area contributed by atoms with Gasteiger partial charge in [-0.2, -0.15) is 0 Å². The second-order valence-electron chi connectivity index (χ2n) is 20.5. The molecule has 0 unspecified atom stereocenters. The minimum atomic E-state index is -1.09. The zero-order chi connectivity index (χ0) is 54.9. The molecule has 408 valence electrons. The van der Waals surface area contributed by atoms with E-state index < -0.39 is 70.6 Å². The molecule has 0 spiro atoms. The molecule has 0 radical (unpaired) electrons. The quantitative estimate of drug-likeness (QED) is 0.0335. The standard InChI is InChI=1S/C51H71ClN12O10S/c1-28(2)40(61-43(67)34(58-30(4)65)10-7-8-16-53)44(68)60-35(11-9-17-56-47(55)71)42(66)59-33-14-12-31(13-15-33)24-73-48(72)62(5)18-19-63(6)49(75)74-37-20-36-39(38-29(3)22-57-41(37)38)32(21-52)23-64(36)46(70)51-25-50(26-51,27-51)45(54)69/h12-15,20,22,28,32,34-35,40,57H,7-11,16-19,21,23-27,53H2,1-6H3,(H2,54,69)(H,58,65)(H,59,66)(H,60,68)(H,61,67)(H3,55,56,71)/t32-,34+,35+,40+,50?,51?/m1/s1. The Morgan fingerprint density at radius 2 is 1.55 bits per heavy atom. The number of carbonyl (C=O) groups is 8. The van der Waals surface area contributed by atoms with Crippen LogP contribution in [-0.2, 0) is 40.1 Å². The number of H-pyrrole nitrogens is 1. The number of nitrogens with zero attached hydrogens (tertiary/aromatic N) is 3. The zero-order valence-electron chi connectivity index (χ0n) is 43.4. The van der Waals surface area contributed by atoms with Gasteiger partial charge in [0, 0.05) is 82.3 Å². The number of likely N-dealkylation sites (N-methyl/N-ethyl adjacent to an activating group) is 2. The molecule has 22 nitrogen and oxygen atoms in total. The van der Waals surface area contributed by atoms with Crippen LogP contribution >= 0.6 is 23.8 Å². The number of hydrogen-bond acceptors (Lipinski definition) is 12. The highest BCUT2D eigenvalue weighted by molar-refractivity contribution is 7.80. The first-order valence-electron chi connectivity index (χ1n) is 25.2. The van der Waals surface area contributed by atoms with Gasteiger partial charge in [-0.15, -0.1) is 11.6 Å². The number of aryl methyl sites for hydroxylation is 1. The topological polar surface area (TPSA) is 319 Å². The van der Waals surface area contributed by atoms with E-state index in [1.165, 1.54) is 11.8 Å². The second-order valence-corrected chi connectivity index (χ2v) is 21.1. The van der Waals surface area contributed by atoms with E-state index >= 15 is 0 Å². The van der Waals surface area contributed by atoms with Gasteiger partial charge in [0.2, 0.25) is 35.4 Å². The summed E-state index contributed by atoms with van der Waals surface area (Å²) in [5.41, 5.74) is 19.6. The number of aromatic nitrogens is 1. The second kappa shape index (κ2) is 24.7. The average molecular weight is 1080 g/mol. The Kier molecular flexibility index (Phi) is 19.0. The first kappa shape index (κ1) is 57.6. The molecular formula is C51H71ClN12O10S. The van der Waals surface area contributed by atoms with E-state index in [2.05, 4.69) is 31.6 Å². The van der Waals surface area contributed by atoms with Crippen molar-refractivity contribution in [3.8, 4) is 5.75 Å². The maximum atomic E-state index is 14.1. The first-order valence-corrected chi connectivity index (χ1v) is 26.1. The number of ether oxygens (including phenoxy) is 2. The number of halogens is 1. The SMILES string of the molecule is CC(=O)N[C@@H](CCCCN)C(=O)N[C@H](C(=O)N[C@@H](CCCNC(N)=O)C(=O)Nc1ccc(COC(=O)N(C)CCN(C)C(=S)Oc2cc3c(c4c(C)c[nH]c24)[C@H](CCl)CN3C(=O)C23CC(C(N)=O)(C2)C3)cc1)C(C)C. The number of hydrogen-bond donors (Lipinski definition) is 9. The van der Waals surface area contributed by atoms with Gasteiger partial charge in [-0.05, 0) is 112 Å². The zero-order valence-corrected chi connectivity index (χ0v) is 45.0. The van der Waals surface area contributed by atoms with Crippen molar-refractivity contribution in [1.82, 2.24) is 36.1 Å². The fourth-order valence-electron chi connectivity index (χ4n) is 10.1. The van der Waals surface area contributed by atoms with Gasteiger partial charge in [-0.25, -0.2) is 9.59 Å². The Hall–Kier alpha value is -6.72. The van der Waals surface area contributed by atoms with Crippen molar-refractivity contribution in [2.75, 3.05) is 62.9 Å². The highest BCUT2D eigenvalue weighted by Crippen LogP contribution is 2.74. The van der Waals surface area contributed by atoms with Gasteiger partial charge in [0.1, 0.15) is 24.7 Å². The van der Waals surface area contributed by atoms with Crippen molar-refractivity contribution in [3.05, 3.63) is 53.2 Å². The number of unbranched alkanes of at least 4 members (excludes halogenated alkanes) is 1. The van der Waals surface area contributed by atoms with Gasteiger partial charge in [0.25, 0.3) is 5.17 Å². The first-order chi connectivity index (χ1) is 35.5. The van der Waals surface area contributed by atoms with Crippen LogP contribution in [0.15, 0.2) is 36.5 Å². The minimum Gasteiger partial charge on any atom is -0.445 e. The van der Waals surface area contributed by atoms with Crippen LogP contribution in [0.5, 0.6) is 5.75 Å². The van der Waals surface area contributed by atoms with Crippen molar-refractivity contribution in [3.63, 3.8) is 0 Å². The number of aromatic amines is 1. The lowest BCUT2D eigenvalue weighted by atomic mass is 9.34. The van der Waals surface area contributed by atoms with Gasteiger partial charge in [-0.1, -0.05) is 26.0 Å². The molecule has 4 atom stereocenters. The summed E-state index contributed by atoms with van der Waals surface area (Å²) < 4.78 is 11.9. The van der Waals surface area contributed by atoms with E-state index in [1.807, 2.05) is 19.2 Å². The number of primary amides is 2. The molecule has 2 aromatic carbocycles. The third kappa shape index (κ3) is 13.4. The van der Waals surface area contributed by atoms with Gasteiger partial charge in [0.05, 0.1) is 22.0 Å². The highest BCUT2D eigenvalue weighted by Gasteiger charge is 2.75. The molecule has 24 heteroatoms. The van der Waals surface area contributed by atoms with Crippen LogP contribution in [0.25, 0.3) is 10.9 Å². The minimum absolute atomic E-state index is 0.0423. The van der Waals surface area contributed by atoms with Crippen molar-refractivity contribution in [2.24, 2.45) is 33.9 Å². The van der Waals surface area contributed by atoms with E-state index in [9.17, 15) is 38.4 Å². The van der Waals surface area contributed by atoms with Gasteiger partial charge in [0.15, 0.2) is 5.75 Å². The molecule has 0 saturated heterocycles. The van der Waals surface area contributed by atoms with Crippen LogP contribution in [0.4, 0.5) is 21.0 Å². The lowest BCUT2D eigenvalue weighted by molar-refractivity contribution is -0.204. The largest absolute Gasteiger partial charge is 0.445 e. The molecule has 9 amide bonds. The normalized spacial score (nSPS) is 19.3. The van der Waals surface area contributed by atoms with Crippen LogP contribution in [0.2, 0.25) is 0 Å². The van der Waals surface area contributed by atoms with Crippen molar-refractivity contribution in [2.45, 2.75) is 110 Å². The van der Waals surface area contributed by atoms with Crippen LogP contribution in [-0.4, -0.2) is 138 Å². The number of benzene rings is 2. The van der Waals surface area contributed by atoms with Crippen molar-refractivity contribution >= 4 is 98.8 Å². The maximum Gasteiger partial charge on any atom is 0.409 e. The lowest BCUT2D eigenvalue weighted by Gasteiger charge is -2.67. The number of fused-ring (bicyclic) bond motifs is 3. The number of thiocarbonyl (C=S) groups is 1. The number of rotatable bonds is 25. The smallest absolute Gasteiger partial charge is 0.409 e. The Bertz CT molecular complexity index is 2650. The summed E-state index contributed by atoms with van der Waals surface area (Å²) in [7, 11) is 3.33. The number of urea groups is 1. The predicted octanol–water partition coefficient (Wildman–Crippen LogP) is 3.31. The monoisotopic (exact) mass is 1080 g/mol. The molecule has 7 rings (SSSR count). The number of nitrogens with two attached hydrogens (primary N) is 3. The summed E-state index contributed by atoms with van der Waals surface area (Å²) in [5.74, 6) is -2.32. The Morgan fingerprint density at radius 3 is 2.16 bits per heavy atom. The average Bonchev–Trinajstić information content (AvgIpc) is 3.90. The molecular weight excluding hydrogens is 1010 g/mol. The number of carbonyl (C=O) groups excluding carboxylic acids is 8. The molecule has 2 bridgehead atoms. The molecule has 1 aromatic heterocycles. The van der Waals surface area contributed by atoms with E-state index in [-0.39, 0.29) is 62.0 Å². The summed E-state index contributed by atoms with van der Waals surface area (Å²) >= 11 is 12.2. The van der Waals surface area contributed by atoms with Crippen molar-refractivity contribution in [1.29, 1.82) is 0 Å². The van der Waals surface area contributed by atoms with Gasteiger partial charge >= 0.3 is 12.1 Å². The van der Waals surface area contributed by atoms with Crippen LogP contribution in [0.3, 0.4) is 0 Å². The fraction of sp³-hybridized carbons (Fsp3) is 0.549. The van der Waals surface area contributed by atoms with Gasteiger partial charge < -0.3 is 72.9 Å². The van der Waals surface area contributed by atoms with Gasteiger partial charge in [-0.3, -0.25) is 28.8 Å². The summed E-state index contributed by atoms with van der Waals surface area (Å²) in [5, 5.41) is 14.4. The molecule has 3 saturated carbocycles. The van der Waals surface area contributed by atoms with E-state index in [0.717, 1.165) is 16.5 Å². The molecule has 3 aliphatic carbocycles. The highest BCUT2D eigenvalue weighted by atomic mass is 35.5. The van der Waals surface area contributed by atoms with E-state index in [1.54, 1.807) is 62.0 Å². The summed E-state index contributed by atoms with van der Waals surface area (Å²) in [4.78, 5) is 111. The Balaban J connectivity index is 1.01. The molecule has 12 N–H and O–H groups in total. The van der Waals surface area contributed by atoms with Crippen LogP contribution < -0.4 is 53.4 Å². The molecule has 2 heterocycles. The molecule has 3 fully saturated rings. The third-order valence-electron chi connectivity index (χ3n) is 14.3. The number of amides is 9. The van der Waals surface area contributed by atoms with Crippen LogP contribution in [0.1, 0.15) is 94.7 Å². The molecule has 3 aromatic rings. The van der Waals surface area contributed by atoms with Crippen molar-refractivity contribution < 1.29 is 47.8 Å². The Morgan fingerprint density at radius 1 is 0.893 bits per heavy atom. The number of alkyl halides is 1. The number of anilines is 2. The summed E-state index contributed by atoms with van der Waals surface area (Å²) in [6, 6.07) is 4.61. The third-order valence-corrected chi connectivity index (χ3v) is 15.1. The lowest BCUT2D eigenvalue weighted by Crippen LogP contribution is -2.72. The summed E-state index contributed by atoms with van der Waals surface area (Å²) in [6.45, 7) is 8.11. The van der Waals surface area contributed by atoms with E-state index in [4.69, 9.17) is 50.5 Å². The molecule has 1 aliphatic heterocycles. The predicted molar refractivity (Wildman–Crippen MR) is 287 cm³/mol.